The smallest absolute Gasteiger partial charge is 0.261 e. The average Bonchev–Trinajstić information content (AvgIpc) is 3.27. The molecular weight excluding hydrogens is 412 g/mol. The third-order valence-corrected chi connectivity index (χ3v) is 5.67. The molecule has 152 valence electrons. The number of nitrogens with one attached hydrogen (secondary N) is 2. The highest BCUT2D eigenvalue weighted by molar-refractivity contribution is 8.01. The summed E-state index contributed by atoms with van der Waals surface area (Å²) in [4.78, 5) is 24.5. The molecule has 29 heavy (non-hydrogen) atoms. The number of para-hydroxylation sites is 2. The number of aromatic nitrogens is 2. The Bertz CT molecular complexity index is 1020. The first-order chi connectivity index (χ1) is 14.0. The van der Waals surface area contributed by atoms with Crippen molar-refractivity contribution in [2.75, 3.05) is 23.0 Å². The Balaban J connectivity index is 1.53. The van der Waals surface area contributed by atoms with E-state index in [4.69, 9.17) is 9.15 Å². The highest BCUT2D eigenvalue weighted by Gasteiger charge is 2.16. The Morgan fingerprint density at radius 2 is 2.00 bits per heavy atom. The Hall–Kier alpha value is -2.85. The Morgan fingerprint density at radius 1 is 1.21 bits per heavy atom. The number of thioether (sulfide) groups is 1. The van der Waals surface area contributed by atoms with Crippen LogP contribution in [0.3, 0.4) is 0 Å². The minimum Gasteiger partial charge on any atom is -0.492 e. The lowest BCUT2D eigenvalue weighted by molar-refractivity contribution is -0.113. The van der Waals surface area contributed by atoms with Gasteiger partial charge in [-0.15, -0.1) is 10.2 Å². The van der Waals surface area contributed by atoms with E-state index in [0.29, 0.717) is 44.6 Å². The van der Waals surface area contributed by atoms with E-state index < -0.39 is 0 Å². The molecule has 8 nitrogen and oxygen atoms in total. The maximum atomic E-state index is 12.3. The van der Waals surface area contributed by atoms with E-state index >= 15 is 0 Å². The van der Waals surface area contributed by atoms with Gasteiger partial charge in [0.25, 0.3) is 5.91 Å². The average molecular weight is 433 g/mol. The minimum absolute atomic E-state index is 0.156. The van der Waals surface area contributed by atoms with E-state index in [1.54, 1.807) is 32.0 Å². The second kappa shape index (κ2) is 9.57. The number of aryl methyl sites for hydroxylation is 2. The molecule has 0 radical (unpaired) electrons. The number of rotatable bonds is 8. The first-order valence-electron chi connectivity index (χ1n) is 8.82. The highest BCUT2D eigenvalue weighted by atomic mass is 32.2. The lowest BCUT2D eigenvalue weighted by atomic mass is 10.2. The quantitative estimate of drug-likeness (QED) is 0.407. The van der Waals surface area contributed by atoms with Crippen LogP contribution < -0.4 is 15.4 Å². The van der Waals surface area contributed by atoms with Crippen molar-refractivity contribution in [1.82, 2.24) is 10.2 Å². The first-order valence-corrected chi connectivity index (χ1v) is 10.6. The van der Waals surface area contributed by atoms with Crippen molar-refractivity contribution in [3.63, 3.8) is 0 Å². The summed E-state index contributed by atoms with van der Waals surface area (Å²) in [5.41, 5.74) is 1.08. The van der Waals surface area contributed by atoms with Gasteiger partial charge in [0.2, 0.25) is 11.0 Å². The van der Waals surface area contributed by atoms with Crippen molar-refractivity contribution in [3.8, 4) is 5.75 Å². The van der Waals surface area contributed by atoms with Crippen molar-refractivity contribution in [2.45, 2.75) is 25.1 Å². The summed E-state index contributed by atoms with van der Waals surface area (Å²) in [6, 6.07) is 8.93. The van der Waals surface area contributed by atoms with E-state index in [2.05, 4.69) is 20.8 Å². The van der Waals surface area contributed by atoms with E-state index in [1.165, 1.54) is 23.1 Å². The van der Waals surface area contributed by atoms with Gasteiger partial charge in [-0.3, -0.25) is 14.9 Å². The van der Waals surface area contributed by atoms with Crippen LogP contribution in [-0.4, -0.2) is 34.4 Å². The summed E-state index contributed by atoms with van der Waals surface area (Å²) in [5, 5.41) is 13.8. The number of carbonyl (C=O) groups is 2. The number of hydrogen-bond acceptors (Lipinski definition) is 8. The van der Waals surface area contributed by atoms with Gasteiger partial charge in [-0.25, -0.2) is 0 Å². The van der Waals surface area contributed by atoms with Crippen LogP contribution in [0.4, 0.5) is 10.8 Å². The molecular formula is C19H20N4O4S2. The van der Waals surface area contributed by atoms with Gasteiger partial charge in [0, 0.05) is 0 Å². The number of anilines is 2. The second-order valence-electron chi connectivity index (χ2n) is 5.92. The van der Waals surface area contributed by atoms with Gasteiger partial charge in [-0.1, -0.05) is 35.2 Å². The number of nitrogens with zero attached hydrogens (tertiary/aromatic N) is 2. The van der Waals surface area contributed by atoms with Gasteiger partial charge in [0.05, 0.1) is 23.6 Å². The largest absolute Gasteiger partial charge is 0.492 e. The third kappa shape index (κ3) is 5.58. The van der Waals surface area contributed by atoms with Crippen molar-refractivity contribution in [3.05, 3.63) is 47.4 Å². The van der Waals surface area contributed by atoms with Gasteiger partial charge in [0.15, 0.2) is 4.34 Å². The van der Waals surface area contributed by atoms with E-state index in [1.807, 2.05) is 19.1 Å². The molecule has 10 heteroatoms. The maximum absolute atomic E-state index is 12.3. The lowest BCUT2D eigenvalue weighted by Gasteiger charge is -2.10. The molecule has 0 unspecified atom stereocenters. The second-order valence-corrected chi connectivity index (χ2v) is 8.12. The van der Waals surface area contributed by atoms with E-state index in [9.17, 15) is 9.59 Å². The van der Waals surface area contributed by atoms with Crippen LogP contribution in [-0.2, 0) is 4.79 Å². The normalized spacial score (nSPS) is 10.6. The monoisotopic (exact) mass is 432 g/mol. The molecule has 2 N–H and O–H groups in total. The number of furan rings is 1. The Kier molecular flexibility index (Phi) is 6.89. The number of ether oxygens (including phenoxy) is 1. The maximum Gasteiger partial charge on any atom is 0.261 e. The van der Waals surface area contributed by atoms with E-state index in [0.717, 1.165) is 0 Å². The van der Waals surface area contributed by atoms with Crippen LogP contribution in [0.2, 0.25) is 0 Å². The number of amides is 2. The number of carbonyl (C=O) groups excluding carboxylic acids is 2. The van der Waals surface area contributed by atoms with E-state index in [-0.39, 0.29) is 17.6 Å². The Morgan fingerprint density at radius 3 is 2.72 bits per heavy atom. The fraction of sp³-hybridized carbons (Fsp3) is 0.263. The zero-order valence-corrected chi connectivity index (χ0v) is 17.8. The number of benzene rings is 1. The molecule has 0 atom stereocenters. The van der Waals surface area contributed by atoms with Crippen molar-refractivity contribution >= 4 is 45.7 Å². The SMILES string of the molecule is CCOc1ccccc1NC(=O)CSc1nnc(NC(=O)c2cc(C)oc2C)s1. The van der Waals surface area contributed by atoms with Crippen molar-refractivity contribution < 1.29 is 18.7 Å². The first kappa shape index (κ1) is 20.9. The third-order valence-electron chi connectivity index (χ3n) is 3.70. The standard InChI is InChI=1S/C19H20N4O4S2/c1-4-26-15-8-6-5-7-14(15)20-16(24)10-28-19-23-22-18(29-19)21-17(25)13-9-11(2)27-12(13)3/h5-9H,4,10H2,1-3H3,(H,20,24)(H,21,22,25). The van der Waals surface area contributed by atoms with Crippen molar-refractivity contribution in [1.29, 1.82) is 0 Å². The molecule has 0 saturated carbocycles. The molecule has 0 aliphatic rings. The predicted octanol–water partition coefficient (Wildman–Crippen LogP) is 4.13. The Labute approximate surface area is 176 Å². The van der Waals surface area contributed by atoms with Gasteiger partial charge < -0.3 is 14.5 Å². The van der Waals surface area contributed by atoms with Gasteiger partial charge in [-0.05, 0) is 39.0 Å². The van der Waals surface area contributed by atoms with Crippen LogP contribution in [0.15, 0.2) is 39.1 Å². The topological polar surface area (TPSA) is 106 Å². The fourth-order valence-electron chi connectivity index (χ4n) is 2.50. The van der Waals surface area contributed by atoms with Gasteiger partial charge in [0.1, 0.15) is 17.3 Å². The molecule has 2 heterocycles. The van der Waals surface area contributed by atoms with Crippen LogP contribution in [0.1, 0.15) is 28.8 Å². The molecule has 0 bridgehead atoms. The summed E-state index contributed by atoms with van der Waals surface area (Å²) >= 11 is 2.44. The zero-order valence-electron chi connectivity index (χ0n) is 16.1. The molecule has 3 rings (SSSR count). The molecule has 2 amide bonds. The highest BCUT2D eigenvalue weighted by Crippen LogP contribution is 2.28. The molecule has 0 saturated heterocycles. The summed E-state index contributed by atoms with van der Waals surface area (Å²) in [6.07, 6.45) is 0. The number of hydrogen-bond donors (Lipinski definition) is 2. The lowest BCUT2D eigenvalue weighted by Crippen LogP contribution is -2.14. The molecule has 0 aliphatic carbocycles. The summed E-state index contributed by atoms with van der Waals surface area (Å²) in [6.45, 7) is 5.90. The van der Waals surface area contributed by atoms with Crippen molar-refractivity contribution in [2.24, 2.45) is 0 Å². The van der Waals surface area contributed by atoms with Gasteiger partial charge >= 0.3 is 0 Å². The van der Waals surface area contributed by atoms with Crippen LogP contribution >= 0.6 is 23.1 Å². The summed E-state index contributed by atoms with van der Waals surface area (Å²) < 4.78 is 11.4. The van der Waals surface area contributed by atoms with Crippen LogP contribution in [0, 0.1) is 13.8 Å². The summed E-state index contributed by atoms with van der Waals surface area (Å²) in [7, 11) is 0. The predicted molar refractivity (Wildman–Crippen MR) is 113 cm³/mol. The summed E-state index contributed by atoms with van der Waals surface area (Å²) in [5.74, 6) is 1.49. The minimum atomic E-state index is -0.308. The molecule has 2 aromatic heterocycles. The molecule has 0 spiro atoms. The molecule has 0 aliphatic heterocycles. The van der Waals surface area contributed by atoms with Crippen LogP contribution in [0.5, 0.6) is 5.75 Å². The zero-order chi connectivity index (χ0) is 20.8. The molecule has 0 fully saturated rings. The van der Waals surface area contributed by atoms with Gasteiger partial charge in [-0.2, -0.15) is 0 Å². The molecule has 3 aromatic rings. The fourth-order valence-corrected chi connectivity index (χ4v) is 4.05. The molecule has 1 aromatic carbocycles. The van der Waals surface area contributed by atoms with Crippen LogP contribution in [0.25, 0.3) is 0 Å².